The highest BCUT2D eigenvalue weighted by molar-refractivity contribution is 5.92. The number of carbonyl (C=O) groups is 3. The molecular formula is C16H20N2O4. The van der Waals surface area contributed by atoms with Gasteiger partial charge in [-0.15, -0.1) is 0 Å². The molecule has 0 saturated carbocycles. The summed E-state index contributed by atoms with van der Waals surface area (Å²) in [5, 5.41) is 14.3. The molecule has 2 atom stereocenters. The van der Waals surface area contributed by atoms with Gasteiger partial charge in [-0.2, -0.15) is 0 Å². The predicted octanol–water partition coefficient (Wildman–Crippen LogP) is 0.694. The molecule has 0 bridgehead atoms. The Morgan fingerprint density at radius 2 is 2.09 bits per heavy atom. The van der Waals surface area contributed by atoms with E-state index in [-0.39, 0.29) is 12.3 Å². The van der Waals surface area contributed by atoms with Crippen molar-refractivity contribution in [2.24, 2.45) is 0 Å². The van der Waals surface area contributed by atoms with Crippen molar-refractivity contribution >= 4 is 17.8 Å². The Kier molecular flexibility index (Phi) is 4.80. The van der Waals surface area contributed by atoms with Gasteiger partial charge in [0.2, 0.25) is 11.8 Å². The summed E-state index contributed by atoms with van der Waals surface area (Å²) < 4.78 is 0. The van der Waals surface area contributed by atoms with Gasteiger partial charge in [-0.3, -0.25) is 9.59 Å². The molecule has 0 unspecified atom stereocenters. The number of nitrogens with one attached hydrogen (secondary N) is 2. The quantitative estimate of drug-likeness (QED) is 0.746. The first-order chi connectivity index (χ1) is 10.4. The van der Waals surface area contributed by atoms with E-state index in [0.717, 1.165) is 16.7 Å². The van der Waals surface area contributed by atoms with Gasteiger partial charge < -0.3 is 15.7 Å². The number of carboxylic acid groups (broad SMARTS) is 1. The molecule has 1 fully saturated rings. The lowest BCUT2D eigenvalue weighted by Gasteiger charge is -2.18. The molecule has 1 aromatic carbocycles. The van der Waals surface area contributed by atoms with Crippen LogP contribution in [0.1, 0.15) is 29.5 Å². The van der Waals surface area contributed by atoms with Crippen LogP contribution in [-0.4, -0.2) is 35.0 Å². The standard InChI is InChI=1S/C16H20N2O4/c1-9-3-4-11(7-10(9)2)8-13(16(21)22)18-15(20)12-5-6-14(19)17-12/h3-4,7,12-13H,5-6,8H2,1-2H3,(H,17,19)(H,18,20)(H,21,22)/t12-,13-/m0/s1. The van der Waals surface area contributed by atoms with Gasteiger partial charge in [0, 0.05) is 12.8 Å². The number of hydrogen-bond donors (Lipinski definition) is 3. The molecule has 0 radical (unpaired) electrons. The highest BCUT2D eigenvalue weighted by Gasteiger charge is 2.30. The average molecular weight is 304 g/mol. The predicted molar refractivity (Wildman–Crippen MR) is 80.4 cm³/mol. The Morgan fingerprint density at radius 1 is 1.36 bits per heavy atom. The van der Waals surface area contributed by atoms with Crippen LogP contribution >= 0.6 is 0 Å². The van der Waals surface area contributed by atoms with E-state index in [2.05, 4.69) is 10.6 Å². The molecular weight excluding hydrogens is 284 g/mol. The van der Waals surface area contributed by atoms with E-state index < -0.39 is 24.0 Å². The smallest absolute Gasteiger partial charge is 0.326 e. The Balaban J connectivity index is 2.03. The first-order valence-electron chi connectivity index (χ1n) is 7.25. The highest BCUT2D eigenvalue weighted by Crippen LogP contribution is 2.12. The van der Waals surface area contributed by atoms with Crippen LogP contribution in [0.3, 0.4) is 0 Å². The second-order valence-corrected chi connectivity index (χ2v) is 5.68. The van der Waals surface area contributed by atoms with E-state index >= 15 is 0 Å². The van der Waals surface area contributed by atoms with Gasteiger partial charge in [-0.1, -0.05) is 18.2 Å². The van der Waals surface area contributed by atoms with Crippen molar-refractivity contribution < 1.29 is 19.5 Å². The van der Waals surface area contributed by atoms with Crippen LogP contribution in [0, 0.1) is 13.8 Å². The largest absolute Gasteiger partial charge is 0.480 e. The number of amides is 2. The monoisotopic (exact) mass is 304 g/mol. The number of carbonyl (C=O) groups excluding carboxylic acids is 2. The lowest BCUT2D eigenvalue weighted by atomic mass is 10.0. The fourth-order valence-electron chi connectivity index (χ4n) is 2.45. The molecule has 118 valence electrons. The van der Waals surface area contributed by atoms with Crippen LogP contribution in [0.4, 0.5) is 0 Å². The van der Waals surface area contributed by atoms with E-state index in [1.165, 1.54) is 0 Å². The summed E-state index contributed by atoms with van der Waals surface area (Å²) in [7, 11) is 0. The van der Waals surface area contributed by atoms with E-state index in [1.54, 1.807) is 0 Å². The summed E-state index contributed by atoms with van der Waals surface area (Å²) in [4.78, 5) is 34.5. The summed E-state index contributed by atoms with van der Waals surface area (Å²) in [5.74, 6) is -1.71. The Hall–Kier alpha value is -2.37. The van der Waals surface area contributed by atoms with Crippen molar-refractivity contribution in [2.75, 3.05) is 0 Å². The van der Waals surface area contributed by atoms with Crippen LogP contribution in [0.5, 0.6) is 0 Å². The lowest BCUT2D eigenvalue weighted by molar-refractivity contribution is -0.142. The van der Waals surface area contributed by atoms with Gasteiger partial charge >= 0.3 is 5.97 Å². The van der Waals surface area contributed by atoms with Crippen molar-refractivity contribution in [3.8, 4) is 0 Å². The maximum atomic E-state index is 12.0. The molecule has 1 heterocycles. The van der Waals surface area contributed by atoms with E-state index in [0.29, 0.717) is 12.8 Å². The molecule has 0 aliphatic carbocycles. The van der Waals surface area contributed by atoms with Gasteiger partial charge in [0.05, 0.1) is 0 Å². The zero-order valence-electron chi connectivity index (χ0n) is 12.7. The first kappa shape index (κ1) is 16.0. The molecule has 6 nitrogen and oxygen atoms in total. The SMILES string of the molecule is Cc1ccc(C[C@H](NC(=O)[C@@H]2CCC(=O)N2)C(=O)O)cc1C. The normalized spacial score (nSPS) is 18.6. The van der Waals surface area contributed by atoms with Gasteiger partial charge in [-0.25, -0.2) is 4.79 Å². The summed E-state index contributed by atoms with van der Waals surface area (Å²) in [6.07, 6.45) is 0.913. The second-order valence-electron chi connectivity index (χ2n) is 5.68. The topological polar surface area (TPSA) is 95.5 Å². The van der Waals surface area contributed by atoms with E-state index in [1.807, 2.05) is 32.0 Å². The number of benzene rings is 1. The minimum absolute atomic E-state index is 0.179. The Morgan fingerprint density at radius 3 is 2.64 bits per heavy atom. The fourth-order valence-corrected chi connectivity index (χ4v) is 2.45. The average Bonchev–Trinajstić information content (AvgIpc) is 2.88. The van der Waals surface area contributed by atoms with Crippen LogP contribution in [0.25, 0.3) is 0 Å². The molecule has 22 heavy (non-hydrogen) atoms. The van der Waals surface area contributed by atoms with Gasteiger partial charge in [0.1, 0.15) is 12.1 Å². The lowest BCUT2D eigenvalue weighted by Crippen LogP contribution is -2.49. The minimum atomic E-state index is -1.09. The van der Waals surface area contributed by atoms with Crippen molar-refractivity contribution in [3.05, 3.63) is 34.9 Å². The maximum absolute atomic E-state index is 12.0. The van der Waals surface area contributed by atoms with Crippen LogP contribution in [-0.2, 0) is 20.8 Å². The number of aliphatic carboxylic acids is 1. The zero-order chi connectivity index (χ0) is 16.3. The number of carboxylic acids is 1. The van der Waals surface area contributed by atoms with Gasteiger partial charge in [-0.05, 0) is 37.0 Å². The first-order valence-corrected chi connectivity index (χ1v) is 7.25. The van der Waals surface area contributed by atoms with Crippen molar-refractivity contribution in [3.63, 3.8) is 0 Å². The molecule has 1 saturated heterocycles. The summed E-state index contributed by atoms with van der Waals surface area (Å²) in [6, 6.07) is 4.08. The third-order valence-electron chi connectivity index (χ3n) is 3.94. The summed E-state index contributed by atoms with van der Waals surface area (Å²) in [5.41, 5.74) is 3.07. The summed E-state index contributed by atoms with van der Waals surface area (Å²) in [6.45, 7) is 3.94. The molecule has 0 aromatic heterocycles. The fraction of sp³-hybridized carbons (Fsp3) is 0.438. The molecule has 0 spiro atoms. The minimum Gasteiger partial charge on any atom is -0.480 e. The highest BCUT2D eigenvalue weighted by atomic mass is 16.4. The van der Waals surface area contributed by atoms with Gasteiger partial charge in [0.15, 0.2) is 0 Å². The molecule has 1 aromatic rings. The molecule has 1 aliphatic rings. The Bertz CT molecular complexity index is 612. The number of rotatable bonds is 5. The van der Waals surface area contributed by atoms with E-state index in [4.69, 9.17) is 0 Å². The Labute approximate surface area is 128 Å². The van der Waals surface area contributed by atoms with Crippen molar-refractivity contribution in [1.82, 2.24) is 10.6 Å². The molecule has 1 aliphatic heterocycles. The molecule has 6 heteroatoms. The van der Waals surface area contributed by atoms with Crippen molar-refractivity contribution in [2.45, 2.75) is 45.2 Å². The zero-order valence-corrected chi connectivity index (χ0v) is 12.7. The van der Waals surface area contributed by atoms with Crippen LogP contribution < -0.4 is 10.6 Å². The molecule has 3 N–H and O–H groups in total. The van der Waals surface area contributed by atoms with Gasteiger partial charge in [0.25, 0.3) is 0 Å². The number of hydrogen-bond acceptors (Lipinski definition) is 3. The van der Waals surface area contributed by atoms with Crippen LogP contribution in [0.2, 0.25) is 0 Å². The third-order valence-corrected chi connectivity index (χ3v) is 3.94. The molecule has 2 rings (SSSR count). The van der Waals surface area contributed by atoms with Crippen LogP contribution in [0.15, 0.2) is 18.2 Å². The van der Waals surface area contributed by atoms with Crippen molar-refractivity contribution in [1.29, 1.82) is 0 Å². The third kappa shape index (κ3) is 3.84. The summed E-state index contributed by atoms with van der Waals surface area (Å²) >= 11 is 0. The maximum Gasteiger partial charge on any atom is 0.326 e. The van der Waals surface area contributed by atoms with E-state index in [9.17, 15) is 19.5 Å². The second kappa shape index (κ2) is 6.60. The molecule has 2 amide bonds. The number of aryl methyl sites for hydroxylation is 2.